The van der Waals surface area contributed by atoms with Gasteiger partial charge in [0.05, 0.1) is 5.02 Å². The summed E-state index contributed by atoms with van der Waals surface area (Å²) in [6.45, 7) is 7.17. The van der Waals surface area contributed by atoms with Crippen molar-refractivity contribution >= 4 is 29.1 Å². The molecule has 2 rings (SSSR count). The number of carbonyl (C=O) groups excluding carboxylic acids is 1. The number of rotatable bonds is 7. The van der Waals surface area contributed by atoms with Crippen molar-refractivity contribution in [2.24, 2.45) is 0 Å². The van der Waals surface area contributed by atoms with Gasteiger partial charge in [-0.15, -0.1) is 0 Å². The van der Waals surface area contributed by atoms with E-state index in [0.717, 1.165) is 32.5 Å². The zero-order valence-electron chi connectivity index (χ0n) is 14.4. The summed E-state index contributed by atoms with van der Waals surface area (Å²) in [4.78, 5) is 14.8. The normalized spacial score (nSPS) is 17.5. The first-order valence-electron chi connectivity index (χ1n) is 8.64. The van der Waals surface area contributed by atoms with Crippen molar-refractivity contribution in [3.63, 3.8) is 0 Å². The average molecular weight is 373 g/mol. The average Bonchev–Trinajstić information content (AvgIpc) is 2.58. The quantitative estimate of drug-likeness (QED) is 0.781. The molecule has 1 N–H and O–H groups in total. The van der Waals surface area contributed by atoms with Gasteiger partial charge in [-0.05, 0) is 44.9 Å². The summed E-state index contributed by atoms with van der Waals surface area (Å²) in [7, 11) is 0. The van der Waals surface area contributed by atoms with Crippen molar-refractivity contribution in [2.75, 3.05) is 19.6 Å². The number of hydrogen-bond donors (Lipinski definition) is 1. The summed E-state index contributed by atoms with van der Waals surface area (Å²) in [6, 6.07) is 5.37. The van der Waals surface area contributed by atoms with Gasteiger partial charge in [0.1, 0.15) is 10.8 Å². The van der Waals surface area contributed by atoms with E-state index in [2.05, 4.69) is 17.1 Å². The van der Waals surface area contributed by atoms with Gasteiger partial charge in [-0.3, -0.25) is 4.79 Å². The summed E-state index contributed by atoms with van der Waals surface area (Å²) >= 11 is 12.1. The number of carbonyl (C=O) groups is 1. The van der Waals surface area contributed by atoms with Crippen LogP contribution in [0.5, 0.6) is 5.75 Å². The zero-order valence-corrected chi connectivity index (χ0v) is 15.9. The number of benzene rings is 1. The van der Waals surface area contributed by atoms with E-state index >= 15 is 0 Å². The smallest absolute Gasteiger partial charge is 0.260 e. The lowest BCUT2D eigenvalue weighted by Crippen LogP contribution is -2.48. The maximum absolute atomic E-state index is 12.3. The summed E-state index contributed by atoms with van der Waals surface area (Å²) < 4.78 is 5.66. The molecule has 1 aliphatic rings. The summed E-state index contributed by atoms with van der Waals surface area (Å²) in [6.07, 6.45) is 3.82. The molecular weight excluding hydrogens is 347 g/mol. The van der Waals surface area contributed by atoms with Crippen molar-refractivity contribution in [1.29, 1.82) is 0 Å². The first-order valence-corrected chi connectivity index (χ1v) is 9.40. The fourth-order valence-electron chi connectivity index (χ4n) is 2.82. The van der Waals surface area contributed by atoms with Gasteiger partial charge in [-0.1, -0.05) is 42.6 Å². The molecule has 1 aliphatic heterocycles. The maximum Gasteiger partial charge on any atom is 0.260 e. The van der Waals surface area contributed by atoms with Crippen molar-refractivity contribution in [3.8, 4) is 5.75 Å². The molecule has 0 aromatic heterocycles. The van der Waals surface area contributed by atoms with Crippen LogP contribution >= 0.6 is 23.2 Å². The van der Waals surface area contributed by atoms with Gasteiger partial charge in [0.15, 0.2) is 6.10 Å². The minimum Gasteiger partial charge on any atom is -0.479 e. The molecule has 24 heavy (non-hydrogen) atoms. The molecule has 1 amide bonds. The molecule has 0 spiro atoms. The van der Waals surface area contributed by atoms with Gasteiger partial charge >= 0.3 is 0 Å². The molecule has 6 heteroatoms. The van der Waals surface area contributed by atoms with E-state index in [9.17, 15) is 4.79 Å². The Labute approximate surface area is 154 Å². The molecule has 1 saturated heterocycles. The second-order valence-electron chi connectivity index (χ2n) is 6.29. The monoisotopic (exact) mass is 372 g/mol. The highest BCUT2D eigenvalue weighted by Gasteiger charge is 2.23. The van der Waals surface area contributed by atoms with Gasteiger partial charge in [0.25, 0.3) is 5.91 Å². The van der Waals surface area contributed by atoms with Gasteiger partial charge in [-0.2, -0.15) is 0 Å². The fraction of sp³-hybridized carbons (Fsp3) is 0.611. The molecule has 1 heterocycles. The highest BCUT2D eigenvalue weighted by atomic mass is 35.5. The lowest BCUT2D eigenvalue weighted by molar-refractivity contribution is -0.128. The van der Waals surface area contributed by atoms with Gasteiger partial charge in [0, 0.05) is 19.1 Å². The van der Waals surface area contributed by atoms with Crippen LogP contribution in [-0.2, 0) is 4.79 Å². The predicted octanol–water partition coefficient (Wildman–Crippen LogP) is 4.14. The number of nitrogens with zero attached hydrogens (tertiary/aromatic N) is 1. The largest absolute Gasteiger partial charge is 0.479 e. The third-order valence-electron chi connectivity index (χ3n) is 4.35. The molecule has 1 atom stereocenters. The highest BCUT2D eigenvalue weighted by molar-refractivity contribution is 6.42. The molecule has 0 radical (unpaired) electrons. The van der Waals surface area contributed by atoms with Crippen LogP contribution < -0.4 is 10.1 Å². The molecule has 1 aromatic carbocycles. The number of amides is 1. The molecule has 0 bridgehead atoms. The van der Waals surface area contributed by atoms with Crippen LogP contribution in [-0.4, -0.2) is 42.6 Å². The first-order chi connectivity index (χ1) is 11.5. The molecule has 0 saturated carbocycles. The molecule has 1 fully saturated rings. The van der Waals surface area contributed by atoms with E-state index < -0.39 is 6.10 Å². The van der Waals surface area contributed by atoms with Gasteiger partial charge < -0.3 is 15.0 Å². The summed E-state index contributed by atoms with van der Waals surface area (Å²) in [5, 5.41) is 3.84. The predicted molar refractivity (Wildman–Crippen MR) is 99.1 cm³/mol. The van der Waals surface area contributed by atoms with Crippen LogP contribution in [0, 0.1) is 0 Å². The Morgan fingerprint density at radius 2 is 2.08 bits per heavy atom. The summed E-state index contributed by atoms with van der Waals surface area (Å²) in [5.41, 5.74) is 0. The molecule has 1 aromatic rings. The minimum absolute atomic E-state index is 0.113. The number of likely N-dealkylation sites (tertiary alicyclic amines) is 1. The topological polar surface area (TPSA) is 41.6 Å². The van der Waals surface area contributed by atoms with Crippen LogP contribution in [0.3, 0.4) is 0 Å². The minimum atomic E-state index is -0.612. The van der Waals surface area contributed by atoms with Gasteiger partial charge in [-0.25, -0.2) is 0 Å². The second kappa shape index (κ2) is 9.50. The third-order valence-corrected chi connectivity index (χ3v) is 5.15. The number of ether oxygens (including phenoxy) is 1. The van der Waals surface area contributed by atoms with E-state index in [4.69, 9.17) is 27.9 Å². The van der Waals surface area contributed by atoms with E-state index in [1.165, 1.54) is 12.8 Å². The number of halogens is 2. The van der Waals surface area contributed by atoms with Crippen LogP contribution in [0.15, 0.2) is 18.2 Å². The SMILES string of the molecule is CCCCN1CCC(NC(=O)[C@H](C)Oc2cccc(Cl)c2Cl)CC1. The van der Waals surface area contributed by atoms with Crippen molar-refractivity contribution in [1.82, 2.24) is 10.2 Å². The number of unbranched alkanes of at least 4 members (excludes halogenated alkanes) is 1. The Morgan fingerprint density at radius 3 is 2.75 bits per heavy atom. The first kappa shape index (κ1) is 19.4. The van der Waals surface area contributed by atoms with E-state index in [0.29, 0.717) is 15.8 Å². The maximum atomic E-state index is 12.3. The van der Waals surface area contributed by atoms with Crippen LogP contribution in [0.25, 0.3) is 0 Å². The third kappa shape index (κ3) is 5.54. The Bertz CT molecular complexity index is 546. The molecule has 134 valence electrons. The van der Waals surface area contributed by atoms with E-state index in [1.807, 2.05) is 0 Å². The van der Waals surface area contributed by atoms with Crippen LogP contribution in [0.2, 0.25) is 10.0 Å². The van der Waals surface area contributed by atoms with Crippen molar-refractivity contribution in [2.45, 2.75) is 51.7 Å². The standard InChI is InChI=1S/C18H26Cl2N2O2/c1-3-4-10-22-11-8-14(9-12-22)21-18(23)13(2)24-16-7-5-6-15(19)17(16)20/h5-7,13-14H,3-4,8-12H2,1-2H3,(H,21,23)/t13-/m0/s1. The van der Waals surface area contributed by atoms with Crippen LogP contribution in [0.1, 0.15) is 39.5 Å². The van der Waals surface area contributed by atoms with Gasteiger partial charge in [0.2, 0.25) is 0 Å². The molecule has 0 unspecified atom stereocenters. The molecule has 0 aliphatic carbocycles. The Balaban J connectivity index is 1.79. The lowest BCUT2D eigenvalue weighted by atomic mass is 10.0. The Kier molecular flexibility index (Phi) is 7.66. The second-order valence-corrected chi connectivity index (χ2v) is 7.08. The highest BCUT2D eigenvalue weighted by Crippen LogP contribution is 2.32. The Hall–Kier alpha value is -0.970. The van der Waals surface area contributed by atoms with Crippen molar-refractivity contribution < 1.29 is 9.53 Å². The van der Waals surface area contributed by atoms with Crippen LogP contribution in [0.4, 0.5) is 0 Å². The van der Waals surface area contributed by atoms with Crippen molar-refractivity contribution in [3.05, 3.63) is 28.2 Å². The number of piperidine rings is 1. The number of hydrogen-bond acceptors (Lipinski definition) is 3. The van der Waals surface area contributed by atoms with E-state index in [-0.39, 0.29) is 11.9 Å². The van der Waals surface area contributed by atoms with E-state index in [1.54, 1.807) is 25.1 Å². The fourth-order valence-corrected chi connectivity index (χ4v) is 3.16. The summed E-state index contributed by atoms with van der Waals surface area (Å²) in [5.74, 6) is 0.319. The molecule has 4 nitrogen and oxygen atoms in total. The number of nitrogens with one attached hydrogen (secondary N) is 1. The molecular formula is C18H26Cl2N2O2. The zero-order chi connectivity index (χ0) is 17.5. The Morgan fingerprint density at radius 1 is 1.38 bits per heavy atom. The lowest BCUT2D eigenvalue weighted by Gasteiger charge is -2.32.